The molecule has 1 saturated heterocycles. The van der Waals surface area contributed by atoms with E-state index in [4.69, 9.17) is 4.74 Å². The van der Waals surface area contributed by atoms with Gasteiger partial charge in [0, 0.05) is 11.8 Å². The van der Waals surface area contributed by atoms with Gasteiger partial charge < -0.3 is 9.84 Å². The summed E-state index contributed by atoms with van der Waals surface area (Å²) in [6.45, 7) is 15.8. The van der Waals surface area contributed by atoms with Crippen molar-refractivity contribution in [3.8, 4) is 0 Å². The van der Waals surface area contributed by atoms with E-state index in [1.165, 1.54) is 38.5 Å². The first-order chi connectivity index (χ1) is 16.8. The molecule has 6 rings (SSSR count). The highest BCUT2D eigenvalue weighted by molar-refractivity contribution is 5.86. The lowest BCUT2D eigenvalue weighted by Gasteiger charge is -2.62. The van der Waals surface area contributed by atoms with Gasteiger partial charge in [0.1, 0.15) is 18.0 Å². The van der Waals surface area contributed by atoms with E-state index in [0.717, 1.165) is 30.8 Å². The Morgan fingerprint density at radius 3 is 2.31 bits per heavy atom. The van der Waals surface area contributed by atoms with Crippen LogP contribution in [-0.4, -0.2) is 29.1 Å². The molecule has 0 radical (unpaired) electrons. The van der Waals surface area contributed by atoms with Gasteiger partial charge in [0.25, 0.3) is 0 Å². The number of aliphatic hydroxyl groups excluding tert-OH is 1. The zero-order valence-electron chi connectivity index (χ0n) is 23.7. The van der Waals surface area contributed by atoms with Crippen LogP contribution in [0.5, 0.6) is 0 Å². The van der Waals surface area contributed by atoms with Crippen LogP contribution in [0.3, 0.4) is 0 Å². The van der Waals surface area contributed by atoms with Crippen LogP contribution in [0.2, 0.25) is 0 Å². The lowest BCUT2D eigenvalue weighted by molar-refractivity contribution is -0.160. The molecular weight excluding hydrogens is 448 g/mol. The molecule has 2 unspecified atom stereocenters. The summed E-state index contributed by atoms with van der Waals surface area (Å²) in [5, 5.41) is 11.2. The molecule has 0 aromatic heterocycles. The molecule has 4 nitrogen and oxygen atoms in total. The number of allylic oxidation sites excluding steroid dienone is 1. The number of hydrogen-bond acceptors (Lipinski definition) is 4. The van der Waals surface area contributed by atoms with E-state index >= 15 is 0 Å². The van der Waals surface area contributed by atoms with E-state index in [1.807, 2.05) is 19.9 Å². The summed E-state index contributed by atoms with van der Waals surface area (Å²) in [5.41, 5.74) is 2.16. The maximum Gasteiger partial charge on any atom is 0.312 e. The predicted molar refractivity (Wildman–Crippen MR) is 140 cm³/mol. The lowest BCUT2D eigenvalue weighted by Crippen LogP contribution is -2.57. The average molecular weight is 497 g/mol. The Morgan fingerprint density at radius 1 is 0.944 bits per heavy atom. The van der Waals surface area contributed by atoms with Crippen molar-refractivity contribution in [1.29, 1.82) is 0 Å². The van der Waals surface area contributed by atoms with Crippen LogP contribution >= 0.6 is 0 Å². The minimum Gasteiger partial charge on any atom is -0.455 e. The van der Waals surface area contributed by atoms with Gasteiger partial charge in [-0.2, -0.15) is 0 Å². The molecule has 1 aliphatic heterocycles. The summed E-state index contributed by atoms with van der Waals surface area (Å²) in [4.78, 5) is 25.9. The SMILES string of the molecule is CC(C)=CC1OC(=O)[C@@H]([C@@H](C)[C@H]2CC[C@@]3(C)[C@@H]4CC[C@H]5C(C)(C)C(=O)CC[C@@]56C[C@@]46CC[C@]23C)C1O. The topological polar surface area (TPSA) is 63.6 Å². The zero-order valence-corrected chi connectivity index (χ0v) is 23.7. The molecule has 11 atom stereocenters. The molecule has 36 heavy (non-hydrogen) atoms. The normalized spacial score (nSPS) is 53.4. The monoisotopic (exact) mass is 496 g/mol. The number of fused-ring (bicyclic) bond motifs is 2. The molecule has 0 amide bonds. The Labute approximate surface area is 218 Å². The van der Waals surface area contributed by atoms with Gasteiger partial charge in [0.15, 0.2) is 0 Å². The number of carbonyl (C=O) groups is 2. The summed E-state index contributed by atoms with van der Waals surface area (Å²) in [7, 11) is 0. The van der Waals surface area contributed by atoms with Gasteiger partial charge in [-0.1, -0.05) is 40.2 Å². The van der Waals surface area contributed by atoms with Crippen LogP contribution in [0, 0.1) is 56.7 Å². The Bertz CT molecular complexity index is 1020. The number of cyclic esters (lactones) is 1. The van der Waals surface area contributed by atoms with Gasteiger partial charge in [0.05, 0.1) is 5.92 Å². The summed E-state index contributed by atoms with van der Waals surface area (Å²) in [5.74, 6) is 1.67. The molecule has 0 aromatic rings. The molecule has 0 bridgehead atoms. The summed E-state index contributed by atoms with van der Waals surface area (Å²) in [6.07, 6.45) is 11.2. The summed E-state index contributed by atoms with van der Waals surface area (Å²) < 4.78 is 5.67. The van der Waals surface area contributed by atoms with Crippen molar-refractivity contribution in [2.45, 2.75) is 118 Å². The Kier molecular flexibility index (Phi) is 5.22. The van der Waals surface area contributed by atoms with Crippen molar-refractivity contribution >= 4 is 11.8 Å². The molecule has 0 aromatic carbocycles. The first-order valence-electron chi connectivity index (χ1n) is 14.8. The molecule has 6 fully saturated rings. The van der Waals surface area contributed by atoms with E-state index in [2.05, 4.69) is 34.6 Å². The third-order valence-corrected chi connectivity index (χ3v) is 13.8. The maximum absolute atomic E-state index is 13.0. The fourth-order valence-electron chi connectivity index (χ4n) is 11.9. The number of hydrogen-bond donors (Lipinski definition) is 1. The predicted octanol–water partition coefficient (Wildman–Crippen LogP) is 6.50. The second kappa shape index (κ2) is 7.48. The minimum absolute atomic E-state index is 0.111. The van der Waals surface area contributed by atoms with Crippen LogP contribution < -0.4 is 0 Å². The second-order valence-corrected chi connectivity index (χ2v) is 15.3. The zero-order chi connectivity index (χ0) is 26.1. The van der Waals surface area contributed by atoms with E-state index in [-0.39, 0.29) is 28.1 Å². The Hall–Kier alpha value is -1.16. The standard InChI is InChI=1S/C32H48O4/c1-18(2)16-21-26(34)25(27(35)36-21)19(3)20-10-12-30(7)23-9-8-22-28(4,5)24(33)11-13-31(22)17-32(23,31)15-14-29(20,30)6/h16,19-23,25-26,34H,8-15,17H2,1-7H3/t19-,20+,21?,22-,23-,25-,26?,29+,30-,31+,32-/m0/s1. The highest BCUT2D eigenvalue weighted by Crippen LogP contribution is 2.88. The van der Waals surface area contributed by atoms with Gasteiger partial charge in [-0.25, -0.2) is 0 Å². The van der Waals surface area contributed by atoms with Crippen molar-refractivity contribution in [2.24, 2.45) is 56.7 Å². The molecule has 200 valence electrons. The number of ketones is 1. The van der Waals surface area contributed by atoms with E-state index in [9.17, 15) is 14.7 Å². The first-order valence-corrected chi connectivity index (χ1v) is 14.8. The van der Waals surface area contributed by atoms with Crippen molar-refractivity contribution < 1.29 is 19.4 Å². The van der Waals surface area contributed by atoms with Crippen molar-refractivity contribution in [3.05, 3.63) is 11.6 Å². The number of esters is 1. The smallest absolute Gasteiger partial charge is 0.312 e. The van der Waals surface area contributed by atoms with Gasteiger partial charge in [-0.15, -0.1) is 0 Å². The maximum atomic E-state index is 13.0. The molecule has 1 N–H and O–H groups in total. The summed E-state index contributed by atoms with van der Waals surface area (Å²) >= 11 is 0. The highest BCUT2D eigenvalue weighted by atomic mass is 16.6. The van der Waals surface area contributed by atoms with Gasteiger partial charge >= 0.3 is 5.97 Å². The highest BCUT2D eigenvalue weighted by Gasteiger charge is 2.82. The number of aliphatic hydroxyl groups is 1. The first kappa shape index (κ1) is 25.1. The number of Topliss-reactive ketones (excluding diaryl/α,β-unsaturated/α-hetero) is 1. The number of rotatable bonds is 3. The van der Waals surface area contributed by atoms with Crippen LogP contribution in [-0.2, 0) is 14.3 Å². The van der Waals surface area contributed by atoms with Gasteiger partial charge in [0.2, 0.25) is 0 Å². The molecule has 4 heteroatoms. The quantitative estimate of drug-likeness (QED) is 0.358. The fraction of sp³-hybridized carbons (Fsp3) is 0.875. The van der Waals surface area contributed by atoms with Gasteiger partial charge in [-0.3, -0.25) is 9.59 Å². The van der Waals surface area contributed by atoms with Crippen molar-refractivity contribution in [1.82, 2.24) is 0 Å². The van der Waals surface area contributed by atoms with E-state index in [1.54, 1.807) is 0 Å². The van der Waals surface area contributed by atoms with Crippen LogP contribution in [0.4, 0.5) is 0 Å². The molecule has 2 spiro atoms. The van der Waals surface area contributed by atoms with Crippen LogP contribution in [0.25, 0.3) is 0 Å². The van der Waals surface area contributed by atoms with Crippen molar-refractivity contribution in [3.63, 3.8) is 0 Å². The molecule has 5 saturated carbocycles. The average Bonchev–Trinajstić information content (AvgIpc) is 3.27. The lowest BCUT2D eigenvalue weighted by atomic mass is 9.41. The van der Waals surface area contributed by atoms with Crippen LogP contribution in [0.1, 0.15) is 106 Å². The number of ether oxygens (including phenoxy) is 1. The Morgan fingerprint density at radius 2 is 1.61 bits per heavy atom. The third-order valence-electron chi connectivity index (χ3n) is 13.8. The largest absolute Gasteiger partial charge is 0.455 e. The Balaban J connectivity index is 1.29. The second-order valence-electron chi connectivity index (χ2n) is 15.3. The van der Waals surface area contributed by atoms with Crippen molar-refractivity contribution in [2.75, 3.05) is 0 Å². The van der Waals surface area contributed by atoms with E-state index in [0.29, 0.717) is 28.4 Å². The minimum atomic E-state index is -0.753. The fourth-order valence-corrected chi connectivity index (χ4v) is 11.9. The summed E-state index contributed by atoms with van der Waals surface area (Å²) in [6, 6.07) is 0. The van der Waals surface area contributed by atoms with Gasteiger partial charge in [-0.05, 0) is 117 Å². The molecule has 5 aliphatic carbocycles. The molecule has 1 heterocycles. The number of carbonyl (C=O) groups excluding carboxylic acids is 2. The third kappa shape index (κ3) is 2.81. The van der Waals surface area contributed by atoms with E-state index < -0.39 is 18.1 Å². The molecular formula is C32H48O4. The van der Waals surface area contributed by atoms with Crippen LogP contribution in [0.15, 0.2) is 11.6 Å². The molecule has 6 aliphatic rings.